The number of hydrogen-bond donors (Lipinski definition) is 1. The third-order valence-electron chi connectivity index (χ3n) is 2.59. The molecule has 0 heterocycles. The molecule has 2 rings (SSSR count). The molecule has 0 radical (unpaired) electrons. The normalized spacial score (nSPS) is 10.0. The van der Waals surface area contributed by atoms with E-state index in [0.29, 0.717) is 23.3 Å². The second-order valence-corrected chi connectivity index (χ2v) is 6.31. The van der Waals surface area contributed by atoms with Crippen LogP contribution < -0.4 is 10.1 Å². The largest absolute Gasteiger partial charge is 0.483 e. The molecule has 0 bridgehead atoms. The van der Waals surface area contributed by atoms with Gasteiger partial charge < -0.3 is 10.1 Å². The predicted octanol–water partition coefficient (Wildman–Crippen LogP) is 3.88. The molecule has 1 amide bonds. The van der Waals surface area contributed by atoms with E-state index in [1.165, 1.54) is 0 Å². The first-order valence-electron chi connectivity index (χ1n) is 6.01. The van der Waals surface area contributed by atoms with Crippen molar-refractivity contribution in [3.8, 4) is 5.75 Å². The molecule has 0 saturated heterocycles. The lowest BCUT2D eigenvalue weighted by molar-refractivity contribution is -0.118. The summed E-state index contributed by atoms with van der Waals surface area (Å²) in [4.78, 5) is 22.7. The van der Waals surface area contributed by atoms with E-state index in [1.54, 1.807) is 18.2 Å². The standard InChI is InChI=1S/C15H11BrINO3/c16-11-1-6-14(10(7-11)8-19)21-9-15(20)18-13-4-2-12(17)3-5-13/h1-8H,9H2,(H,18,20). The van der Waals surface area contributed by atoms with Crippen LogP contribution in [-0.2, 0) is 4.79 Å². The van der Waals surface area contributed by atoms with Gasteiger partial charge in [0.25, 0.3) is 5.91 Å². The molecule has 0 aromatic heterocycles. The minimum atomic E-state index is -0.282. The second-order valence-electron chi connectivity index (χ2n) is 4.14. The number of carbonyl (C=O) groups is 2. The number of nitrogens with one attached hydrogen (secondary N) is 1. The maximum atomic E-state index is 11.8. The van der Waals surface area contributed by atoms with Crippen molar-refractivity contribution in [1.82, 2.24) is 0 Å². The van der Waals surface area contributed by atoms with Gasteiger partial charge in [-0.2, -0.15) is 0 Å². The average Bonchev–Trinajstić information content (AvgIpc) is 2.48. The summed E-state index contributed by atoms with van der Waals surface area (Å²) in [6.45, 7) is -0.158. The van der Waals surface area contributed by atoms with Gasteiger partial charge in [0, 0.05) is 13.7 Å². The van der Waals surface area contributed by atoms with E-state index < -0.39 is 0 Å². The summed E-state index contributed by atoms with van der Waals surface area (Å²) < 4.78 is 7.24. The van der Waals surface area contributed by atoms with Crippen LogP contribution in [0.1, 0.15) is 10.4 Å². The smallest absolute Gasteiger partial charge is 0.262 e. The summed E-state index contributed by atoms with van der Waals surface area (Å²) in [7, 11) is 0. The number of halogens is 2. The van der Waals surface area contributed by atoms with Gasteiger partial charge >= 0.3 is 0 Å². The van der Waals surface area contributed by atoms with Crippen molar-refractivity contribution >= 4 is 56.4 Å². The highest BCUT2D eigenvalue weighted by molar-refractivity contribution is 14.1. The summed E-state index contributed by atoms with van der Waals surface area (Å²) in [6.07, 6.45) is 0.692. The van der Waals surface area contributed by atoms with Gasteiger partial charge in [-0.25, -0.2) is 0 Å². The van der Waals surface area contributed by atoms with Crippen LogP contribution in [0.25, 0.3) is 0 Å². The van der Waals surface area contributed by atoms with Crippen LogP contribution in [0.5, 0.6) is 5.75 Å². The van der Waals surface area contributed by atoms with Crippen LogP contribution in [0.15, 0.2) is 46.9 Å². The minimum absolute atomic E-state index is 0.158. The fourth-order valence-corrected chi connectivity index (χ4v) is 2.35. The fraction of sp³-hybridized carbons (Fsp3) is 0.0667. The van der Waals surface area contributed by atoms with E-state index in [4.69, 9.17) is 4.74 Å². The maximum absolute atomic E-state index is 11.8. The highest BCUT2D eigenvalue weighted by Crippen LogP contribution is 2.21. The molecule has 0 saturated carbocycles. The molecule has 108 valence electrons. The second kappa shape index (κ2) is 7.56. The third kappa shape index (κ3) is 4.82. The Morgan fingerprint density at radius 1 is 1.24 bits per heavy atom. The monoisotopic (exact) mass is 459 g/mol. The van der Waals surface area contributed by atoms with Crippen molar-refractivity contribution in [3.63, 3.8) is 0 Å². The van der Waals surface area contributed by atoms with Gasteiger partial charge in [-0.05, 0) is 65.1 Å². The molecule has 2 aromatic rings. The summed E-state index contributed by atoms with van der Waals surface area (Å²) >= 11 is 5.46. The Balaban J connectivity index is 1.95. The molecule has 0 aliphatic carbocycles. The lowest BCUT2D eigenvalue weighted by Gasteiger charge is -2.09. The highest BCUT2D eigenvalue weighted by atomic mass is 127. The molecule has 0 atom stereocenters. The summed E-state index contributed by atoms with van der Waals surface area (Å²) in [6, 6.07) is 12.5. The Labute approximate surface area is 144 Å². The number of hydrogen-bond acceptors (Lipinski definition) is 3. The first kappa shape index (κ1) is 16.0. The zero-order valence-corrected chi connectivity index (χ0v) is 14.6. The van der Waals surface area contributed by atoms with Crippen LogP contribution >= 0.6 is 38.5 Å². The van der Waals surface area contributed by atoms with Crippen LogP contribution in [-0.4, -0.2) is 18.8 Å². The van der Waals surface area contributed by atoms with E-state index in [0.717, 1.165) is 8.04 Å². The summed E-state index contributed by atoms with van der Waals surface area (Å²) in [5, 5.41) is 2.72. The zero-order chi connectivity index (χ0) is 15.2. The van der Waals surface area contributed by atoms with Crippen LogP contribution in [0.3, 0.4) is 0 Å². The van der Waals surface area contributed by atoms with Crippen LogP contribution in [0.4, 0.5) is 5.69 Å². The molecule has 6 heteroatoms. The van der Waals surface area contributed by atoms with Crippen LogP contribution in [0.2, 0.25) is 0 Å². The van der Waals surface area contributed by atoms with E-state index in [-0.39, 0.29) is 12.5 Å². The van der Waals surface area contributed by atoms with Gasteiger partial charge in [0.2, 0.25) is 0 Å². The lowest BCUT2D eigenvalue weighted by Crippen LogP contribution is -2.20. The Kier molecular flexibility index (Phi) is 5.75. The van der Waals surface area contributed by atoms with Gasteiger partial charge in [0.05, 0.1) is 5.56 Å². The quantitative estimate of drug-likeness (QED) is 0.545. The number of anilines is 1. The maximum Gasteiger partial charge on any atom is 0.262 e. The molecule has 1 N–H and O–H groups in total. The fourth-order valence-electron chi connectivity index (χ4n) is 1.62. The molecule has 0 unspecified atom stereocenters. The number of carbonyl (C=O) groups excluding carboxylic acids is 2. The first-order valence-corrected chi connectivity index (χ1v) is 7.88. The Bertz CT molecular complexity index is 658. The molecule has 0 aliphatic heterocycles. The average molecular weight is 460 g/mol. The van der Waals surface area contributed by atoms with Crippen LogP contribution in [0, 0.1) is 3.57 Å². The predicted molar refractivity (Wildman–Crippen MR) is 92.8 cm³/mol. The topological polar surface area (TPSA) is 55.4 Å². The number of aldehydes is 1. The molecule has 0 aliphatic rings. The molecule has 2 aromatic carbocycles. The van der Waals surface area contributed by atoms with Crippen molar-refractivity contribution in [2.24, 2.45) is 0 Å². The SMILES string of the molecule is O=Cc1cc(Br)ccc1OCC(=O)Nc1ccc(I)cc1. The van der Waals surface area contributed by atoms with Crippen molar-refractivity contribution in [2.75, 3.05) is 11.9 Å². The van der Waals surface area contributed by atoms with E-state index in [9.17, 15) is 9.59 Å². The zero-order valence-electron chi connectivity index (χ0n) is 10.8. The van der Waals surface area contributed by atoms with Crippen molar-refractivity contribution in [3.05, 3.63) is 56.1 Å². The number of ether oxygens (including phenoxy) is 1. The van der Waals surface area contributed by atoms with Crippen molar-refractivity contribution < 1.29 is 14.3 Å². The van der Waals surface area contributed by atoms with E-state index in [2.05, 4.69) is 43.8 Å². The molecule has 21 heavy (non-hydrogen) atoms. The van der Waals surface area contributed by atoms with E-state index in [1.807, 2.05) is 24.3 Å². The van der Waals surface area contributed by atoms with Crippen molar-refractivity contribution in [2.45, 2.75) is 0 Å². The Morgan fingerprint density at radius 2 is 1.95 bits per heavy atom. The molecular formula is C15H11BrINO3. The number of amides is 1. The van der Waals surface area contributed by atoms with Crippen molar-refractivity contribution in [1.29, 1.82) is 0 Å². The molecule has 4 nitrogen and oxygen atoms in total. The van der Waals surface area contributed by atoms with Gasteiger partial charge in [0.1, 0.15) is 5.75 Å². The Morgan fingerprint density at radius 3 is 2.62 bits per heavy atom. The Hall–Kier alpha value is -1.41. The minimum Gasteiger partial charge on any atom is -0.483 e. The lowest BCUT2D eigenvalue weighted by atomic mass is 10.2. The molecular weight excluding hydrogens is 449 g/mol. The molecule has 0 fully saturated rings. The summed E-state index contributed by atoms with van der Waals surface area (Å²) in [5.74, 6) is 0.0990. The number of benzene rings is 2. The van der Waals surface area contributed by atoms with Gasteiger partial charge in [0.15, 0.2) is 12.9 Å². The summed E-state index contributed by atoms with van der Waals surface area (Å²) in [5.41, 5.74) is 1.10. The molecule has 0 spiro atoms. The van der Waals surface area contributed by atoms with Gasteiger partial charge in [-0.3, -0.25) is 9.59 Å². The first-order chi connectivity index (χ1) is 10.1. The van der Waals surface area contributed by atoms with Gasteiger partial charge in [-0.1, -0.05) is 15.9 Å². The van der Waals surface area contributed by atoms with Gasteiger partial charge in [-0.15, -0.1) is 0 Å². The van der Waals surface area contributed by atoms with E-state index >= 15 is 0 Å². The highest BCUT2D eigenvalue weighted by Gasteiger charge is 2.07. The third-order valence-corrected chi connectivity index (χ3v) is 3.80. The number of rotatable bonds is 5.